The summed E-state index contributed by atoms with van der Waals surface area (Å²) < 4.78 is 194. The fraction of sp³-hybridized carbons (Fsp3) is 0.933. The zero-order valence-electron chi connectivity index (χ0n) is 36.6. The van der Waals surface area contributed by atoms with Gasteiger partial charge in [-0.15, -0.1) is 0 Å². The molecule has 0 saturated carbocycles. The predicted molar refractivity (Wildman–Crippen MR) is 215 cm³/mol. The quantitative estimate of drug-likeness (QED) is 0.0475. The molecule has 0 aliphatic carbocycles. The van der Waals surface area contributed by atoms with E-state index in [0.717, 1.165) is 0 Å². The minimum Gasteiger partial charge on any atom is -0.479 e. The Morgan fingerprint density at radius 3 is 1.23 bits per heavy atom. The first-order valence-corrected chi connectivity index (χ1v) is 25.9. The number of nitrogens with two attached hydrogens (primary N) is 3. The number of hydrogen-bond donors (Lipinski definition) is 17. The number of aliphatic carboxylic acids is 2. The van der Waals surface area contributed by atoms with Crippen molar-refractivity contribution in [1.29, 1.82) is 0 Å². The van der Waals surface area contributed by atoms with Crippen LogP contribution in [-0.2, 0) is 111 Å². The van der Waals surface area contributed by atoms with Gasteiger partial charge < -0.3 is 111 Å². The minimum absolute atomic E-state index is 1.20. The molecule has 0 aromatic carbocycles. The van der Waals surface area contributed by atoms with Gasteiger partial charge in [0.05, 0.1) is 37.9 Å². The lowest BCUT2D eigenvalue weighted by Crippen LogP contribution is -2.70. The van der Waals surface area contributed by atoms with Crippen molar-refractivity contribution in [3.63, 3.8) is 0 Å². The van der Waals surface area contributed by atoms with Crippen LogP contribution in [0.4, 0.5) is 0 Å². The zero-order chi connectivity index (χ0) is 55.9. The Bertz CT molecular complexity index is 2390. The van der Waals surface area contributed by atoms with E-state index < -0.39 is 227 Å². The Morgan fingerprint density at radius 1 is 0.392 bits per heavy atom. The third-order valence-electron chi connectivity index (χ3n) is 11.3. The number of hydrogen-bond acceptors (Lipinski definition) is 34. The second kappa shape index (κ2) is 24.3. The van der Waals surface area contributed by atoms with Crippen LogP contribution in [0, 0.1) is 0 Å². The van der Waals surface area contributed by atoms with Crippen LogP contribution < -0.4 is 17.2 Å². The molecule has 5 heterocycles. The Labute approximate surface area is 414 Å². The molecule has 0 amide bonds. The van der Waals surface area contributed by atoms with Crippen LogP contribution in [0.3, 0.4) is 0 Å². The Balaban J connectivity index is 1.39. The summed E-state index contributed by atoms with van der Waals surface area (Å²) in [5, 5.41) is 107. The molecule has 0 bridgehead atoms. The fourth-order valence-electron chi connectivity index (χ4n) is 7.74. The first kappa shape index (κ1) is 62.5. The lowest BCUT2D eigenvalue weighted by Gasteiger charge is -2.49. The Morgan fingerprint density at radius 2 is 0.770 bits per heavy atom. The molecular formula is C30H51N3O37S4. The molecule has 5 saturated heterocycles. The smallest absolute Gasteiger partial charge is 0.397 e. The van der Waals surface area contributed by atoms with Crippen LogP contribution in [-0.4, -0.2) is 288 Å². The van der Waals surface area contributed by atoms with E-state index in [9.17, 15) is 103 Å². The average molecular weight is 1170 g/mol. The first-order valence-electron chi connectivity index (χ1n) is 20.5. The van der Waals surface area contributed by atoms with Gasteiger partial charge in [-0.1, -0.05) is 0 Å². The summed E-state index contributed by atoms with van der Waals surface area (Å²) in [4.78, 5) is 25.1. The van der Waals surface area contributed by atoms with Crippen molar-refractivity contribution in [2.75, 3.05) is 19.8 Å². The molecule has 74 heavy (non-hydrogen) atoms. The number of carboxylic acid groups (broad SMARTS) is 2. The number of carboxylic acids is 2. The highest BCUT2D eigenvalue weighted by Gasteiger charge is 2.59. The third kappa shape index (κ3) is 15.7. The third-order valence-corrected chi connectivity index (χ3v) is 13.1. The molecular weight excluding hydrogens is 1120 g/mol. The van der Waals surface area contributed by atoms with Crippen LogP contribution in [0.2, 0.25) is 0 Å². The zero-order valence-corrected chi connectivity index (χ0v) is 39.8. The molecule has 0 aromatic heterocycles. The van der Waals surface area contributed by atoms with E-state index in [1.807, 2.05) is 0 Å². The largest absolute Gasteiger partial charge is 0.479 e. The van der Waals surface area contributed by atoms with Crippen LogP contribution in [0.5, 0.6) is 0 Å². The van der Waals surface area contributed by atoms with Gasteiger partial charge >= 0.3 is 53.5 Å². The van der Waals surface area contributed by atoms with Crippen molar-refractivity contribution < 1.29 is 172 Å². The molecule has 0 aromatic rings. The molecule has 5 rings (SSSR count). The lowest BCUT2D eigenvalue weighted by atomic mass is 9.94. The van der Waals surface area contributed by atoms with Crippen LogP contribution in [0.1, 0.15) is 0 Å². The Hall–Kier alpha value is -2.38. The lowest BCUT2D eigenvalue weighted by molar-refractivity contribution is -0.373. The topological polar surface area (TPSA) is 652 Å². The summed E-state index contributed by atoms with van der Waals surface area (Å²) >= 11 is 0. The summed E-state index contributed by atoms with van der Waals surface area (Å²) in [5.41, 5.74) is 17.6. The molecule has 432 valence electrons. The second-order valence-electron chi connectivity index (χ2n) is 16.4. The van der Waals surface area contributed by atoms with Gasteiger partial charge in [-0.3, -0.25) is 18.2 Å². The van der Waals surface area contributed by atoms with E-state index in [-0.39, 0.29) is 0 Å². The molecule has 44 heteroatoms. The van der Waals surface area contributed by atoms with E-state index in [4.69, 9.17) is 68.9 Å². The molecule has 40 nitrogen and oxygen atoms in total. The van der Waals surface area contributed by atoms with Crippen molar-refractivity contribution in [2.45, 2.75) is 153 Å². The number of rotatable bonds is 21. The Kier molecular flexibility index (Phi) is 20.5. The summed E-state index contributed by atoms with van der Waals surface area (Å²) in [7, 11) is -21.8. The highest BCUT2D eigenvalue weighted by Crippen LogP contribution is 2.36. The highest BCUT2D eigenvalue weighted by molar-refractivity contribution is 7.81. The maximum absolute atomic E-state index is 12.6. The summed E-state index contributed by atoms with van der Waals surface area (Å²) in [6, 6.07) is -5.90. The molecule has 5 aliphatic heterocycles. The molecule has 0 spiro atoms. The van der Waals surface area contributed by atoms with Gasteiger partial charge in [-0.05, 0) is 0 Å². The van der Waals surface area contributed by atoms with Crippen LogP contribution >= 0.6 is 0 Å². The molecule has 20 N–H and O–H groups in total. The van der Waals surface area contributed by atoms with E-state index >= 15 is 0 Å². The monoisotopic (exact) mass is 1170 g/mol. The number of aliphatic hydroxyl groups excluding tert-OH is 8. The highest BCUT2D eigenvalue weighted by atomic mass is 32.3. The van der Waals surface area contributed by atoms with Gasteiger partial charge in [0.2, 0.25) is 0 Å². The molecule has 5 fully saturated rings. The molecule has 0 radical (unpaired) electrons. The maximum Gasteiger partial charge on any atom is 0.397 e. The summed E-state index contributed by atoms with van der Waals surface area (Å²) in [6.07, 6.45) is -52.0. The number of carbonyl (C=O) groups is 2. The molecule has 0 unspecified atom stereocenters. The maximum atomic E-state index is 12.6. The van der Waals surface area contributed by atoms with Gasteiger partial charge in [0.15, 0.2) is 49.8 Å². The van der Waals surface area contributed by atoms with Crippen molar-refractivity contribution in [3.05, 3.63) is 0 Å². The van der Waals surface area contributed by atoms with Gasteiger partial charge in [0.1, 0.15) is 85.5 Å². The number of ether oxygens (including phenoxy) is 9. The van der Waals surface area contributed by atoms with Gasteiger partial charge in [0, 0.05) is 0 Å². The predicted octanol–water partition coefficient (Wildman–Crippen LogP) is -12.5. The fourth-order valence-corrected chi connectivity index (χ4v) is 9.15. The SMILES string of the molecule is N[C@@H]1[C@@H](O)[C@H](O[C@@H]2O[C@@H](C(=O)O)[C@@H](O[C@H]3O[C@H](COS(=O)(=O)O)[C@@H](O[C@@H]4O[C@H](C(=O)O)[C@@H](O[C@H]5O[C@H](COS(=O)(=O)O)[C@@H](O)[C@H](O)[C@H]5N)[C@H](O)[C@H]4O)[C@H](O)[C@H]3N)[C@H](O)[C@H]2OS(=O)(=O)O)[C@@H](COS(=O)(=O)O)O[C@@H]1O. The van der Waals surface area contributed by atoms with Crippen molar-refractivity contribution in [3.8, 4) is 0 Å². The standard InChI is InChI=1S/C30H51N3O37S4/c31-7-12(36)17(5(61-26(7)45)2-59-72(49,50)51)65-30-21(70-74(55,56)57)16(40)20(23(69-30)25(43)44)67-28-9(33)13(37)18(6(63-28)3-60-73(52,53)54)64-29-15(39)14(38)19(22(68-29)24(41)42)66-27-8(32)11(35)10(34)4(62-27)1-58-71(46,47)48/h4-23,26-30,34-40,45H,1-3,31-33H2,(H,41,42)(H,43,44)(H,46,47,48)(H,49,50,51)(H,52,53,54)(H,55,56,57)/t4-,5-,6-,7-,8-,9-,10-,11-,12-,13-,14-,15-,16+,17-,18-,19+,20+,21-,22+,23-,26+,27-,28-,29-,30-/m1/s1. The van der Waals surface area contributed by atoms with E-state index in [1.54, 1.807) is 0 Å². The molecule has 5 aliphatic rings. The summed E-state index contributed by atoms with van der Waals surface area (Å²) in [6.45, 7) is -4.02. The minimum atomic E-state index is -5.80. The van der Waals surface area contributed by atoms with Crippen molar-refractivity contribution in [1.82, 2.24) is 0 Å². The normalized spacial score (nSPS) is 43.9. The van der Waals surface area contributed by atoms with Crippen LogP contribution in [0.25, 0.3) is 0 Å². The van der Waals surface area contributed by atoms with Crippen molar-refractivity contribution >= 4 is 53.5 Å². The van der Waals surface area contributed by atoms with Gasteiger partial charge in [0.25, 0.3) is 0 Å². The molecule has 25 atom stereocenters. The van der Waals surface area contributed by atoms with Gasteiger partial charge in [-0.2, -0.15) is 33.7 Å². The second-order valence-corrected chi connectivity index (χ2v) is 20.7. The summed E-state index contributed by atoms with van der Waals surface area (Å²) in [5.74, 6) is -4.19. The van der Waals surface area contributed by atoms with E-state index in [1.165, 1.54) is 0 Å². The first-order chi connectivity index (χ1) is 33.9. The van der Waals surface area contributed by atoms with Crippen LogP contribution in [0.15, 0.2) is 0 Å². The van der Waals surface area contributed by atoms with E-state index in [0.29, 0.717) is 0 Å². The number of aliphatic hydroxyl groups is 8. The van der Waals surface area contributed by atoms with Crippen molar-refractivity contribution in [2.24, 2.45) is 17.2 Å². The van der Waals surface area contributed by atoms with Gasteiger partial charge in [-0.25, -0.2) is 26.3 Å². The van der Waals surface area contributed by atoms with E-state index in [2.05, 4.69) is 16.7 Å². The average Bonchev–Trinajstić information content (AvgIpc) is 3.27.